The van der Waals surface area contributed by atoms with Crippen molar-refractivity contribution in [1.29, 1.82) is 0 Å². The first-order valence-corrected chi connectivity index (χ1v) is 24.7. The molecule has 0 saturated carbocycles. The molecule has 9 rings (SSSR count). The lowest BCUT2D eigenvalue weighted by atomic mass is 10.0. The molecule has 0 radical (unpaired) electrons. The number of amides is 4. The van der Waals surface area contributed by atoms with Crippen molar-refractivity contribution >= 4 is 57.4 Å². The number of anilines is 2. The summed E-state index contributed by atoms with van der Waals surface area (Å²) >= 11 is 0. The molecule has 0 unspecified atom stereocenters. The molecule has 4 amide bonds. The Hall–Kier alpha value is -6.53. The van der Waals surface area contributed by atoms with Gasteiger partial charge in [-0.3, -0.25) is 9.59 Å². The Morgan fingerprint density at radius 2 is 1.19 bits per heavy atom. The van der Waals surface area contributed by atoms with Gasteiger partial charge in [-0.15, -0.1) is 0 Å². The van der Waals surface area contributed by atoms with Crippen molar-refractivity contribution in [2.75, 3.05) is 43.1 Å². The molecular weight excluding hydrogens is 906 g/mol. The smallest absolute Gasteiger partial charge is 0.418 e. The van der Waals surface area contributed by atoms with Crippen LogP contribution in [0.1, 0.15) is 138 Å². The van der Waals surface area contributed by atoms with Crippen molar-refractivity contribution in [2.45, 2.75) is 128 Å². The van der Waals surface area contributed by atoms with E-state index in [9.17, 15) is 24.3 Å². The molecule has 4 fully saturated rings. The molecule has 0 spiro atoms. The number of benzene rings is 3. The van der Waals surface area contributed by atoms with E-state index in [1.54, 1.807) is 29.7 Å². The second-order valence-corrected chi connectivity index (χ2v) is 20.0. The minimum Gasteiger partial charge on any atom is -0.465 e. The summed E-state index contributed by atoms with van der Waals surface area (Å²) in [6.45, 7) is 9.43. The number of hydrogen-bond donors (Lipinski definition) is 5. The van der Waals surface area contributed by atoms with E-state index in [-0.39, 0.29) is 53.5 Å². The van der Waals surface area contributed by atoms with Crippen molar-refractivity contribution in [3.63, 3.8) is 0 Å². The number of aromatic amines is 2. The van der Waals surface area contributed by atoms with Gasteiger partial charge in [-0.2, -0.15) is 13.2 Å². The summed E-state index contributed by atoms with van der Waals surface area (Å²) in [6, 6.07) is 13.5. The third kappa shape index (κ3) is 9.54. The number of alkyl carbamates (subject to hydrolysis) is 1. The summed E-state index contributed by atoms with van der Waals surface area (Å²) in [6.07, 6.45) is 0.168. The molecule has 6 atom stereocenters. The van der Waals surface area contributed by atoms with Crippen LogP contribution in [0.5, 0.6) is 0 Å². The van der Waals surface area contributed by atoms with E-state index < -0.39 is 36.0 Å². The summed E-state index contributed by atoms with van der Waals surface area (Å²) in [7, 11) is 1.26. The number of H-pyrrole nitrogens is 2. The monoisotopic (exact) mass is 968 g/mol. The molecule has 5 N–H and O–H groups in total. The number of carbonyl (C=O) groups is 4. The number of nitrogens with zero attached hydrogens (tertiary/aromatic N) is 6. The lowest BCUT2D eigenvalue weighted by Crippen LogP contribution is -2.51. The maximum absolute atomic E-state index is 15.2. The molecule has 3 aromatic carbocycles. The minimum absolute atomic E-state index is 0.190. The Labute approximate surface area is 404 Å². The third-order valence-electron chi connectivity index (χ3n) is 14.8. The molecule has 6 heterocycles. The van der Waals surface area contributed by atoms with E-state index in [0.717, 1.165) is 54.3 Å². The van der Waals surface area contributed by atoms with Gasteiger partial charge in [-0.25, -0.2) is 19.6 Å². The van der Waals surface area contributed by atoms with E-state index in [4.69, 9.17) is 14.7 Å². The molecule has 5 aromatic rings. The first-order valence-electron chi connectivity index (χ1n) is 24.7. The number of carboxylic acid groups (broad SMARTS) is 1. The average molecular weight is 969 g/mol. The van der Waals surface area contributed by atoms with Gasteiger partial charge in [-0.05, 0) is 123 Å². The second kappa shape index (κ2) is 19.7. The first kappa shape index (κ1) is 48.5. The molecule has 4 aliphatic heterocycles. The van der Waals surface area contributed by atoms with Gasteiger partial charge in [0.1, 0.15) is 23.7 Å². The van der Waals surface area contributed by atoms with Crippen LogP contribution in [0.4, 0.5) is 34.1 Å². The Balaban J connectivity index is 1.06. The minimum atomic E-state index is -4.60. The maximum Gasteiger partial charge on any atom is 0.418 e. The standard InChI is InChI=1S/C51H63F3N10O6/c1-28(2)43(59-49(67)68)47(65)62-23-9-11-41(62)45-55-34-16-13-30(25-36(34)57-45)38-19-20-39(64(38)32-15-18-40(33(27-32)51(52,53)54)61-21-7-6-8-22-61)31-14-17-35-37(26-31)58-46(56-35)42-12-10-24-63(42)48(66)44(29(3)4)60-50(69)70-5/h13-18,25-29,38-39,41-44,59H,6-12,19-24H2,1-5H3,(H,55,57)(H,56,58)(H,60,69)(H,67,68)/t38-,39-,41+,42+,43+,44+/m1/s1. The number of rotatable bonds is 12. The van der Waals surface area contributed by atoms with Gasteiger partial charge in [0.25, 0.3) is 0 Å². The summed E-state index contributed by atoms with van der Waals surface area (Å²) < 4.78 is 50.4. The highest BCUT2D eigenvalue weighted by atomic mass is 19.4. The highest BCUT2D eigenvalue weighted by Crippen LogP contribution is 2.50. The lowest BCUT2D eigenvalue weighted by Gasteiger charge is -2.35. The Morgan fingerprint density at radius 1 is 0.671 bits per heavy atom. The van der Waals surface area contributed by atoms with Crippen LogP contribution in [0.2, 0.25) is 0 Å². The summed E-state index contributed by atoms with van der Waals surface area (Å²) in [5, 5.41) is 14.6. The van der Waals surface area contributed by atoms with Crippen molar-refractivity contribution < 1.29 is 42.2 Å². The Kier molecular flexibility index (Phi) is 13.6. The Bertz CT molecular complexity index is 2750. The van der Waals surface area contributed by atoms with E-state index in [2.05, 4.69) is 25.5 Å². The van der Waals surface area contributed by atoms with Gasteiger partial charge in [0.05, 0.1) is 58.9 Å². The van der Waals surface area contributed by atoms with E-state index in [1.165, 1.54) is 13.2 Å². The second-order valence-electron chi connectivity index (χ2n) is 20.0. The number of carbonyl (C=O) groups excluding carboxylic acids is 3. The van der Waals surface area contributed by atoms with Crippen LogP contribution >= 0.6 is 0 Å². The highest BCUT2D eigenvalue weighted by molar-refractivity contribution is 5.87. The zero-order valence-electron chi connectivity index (χ0n) is 40.3. The summed E-state index contributed by atoms with van der Waals surface area (Å²) in [4.78, 5) is 75.8. The van der Waals surface area contributed by atoms with Crippen LogP contribution in [-0.2, 0) is 20.5 Å². The summed E-state index contributed by atoms with van der Waals surface area (Å²) in [5.74, 6) is 0.236. The maximum atomic E-state index is 15.2. The fourth-order valence-corrected chi connectivity index (χ4v) is 11.3. The molecule has 0 aliphatic carbocycles. The van der Waals surface area contributed by atoms with Gasteiger partial charge < -0.3 is 50.0 Å². The number of fused-ring (bicyclic) bond motifs is 2. The van der Waals surface area contributed by atoms with E-state index in [1.807, 2.05) is 61.2 Å². The number of halogens is 3. The molecular formula is C51H63F3N10O6. The predicted molar refractivity (Wildman–Crippen MR) is 258 cm³/mol. The zero-order chi connectivity index (χ0) is 49.6. The third-order valence-corrected chi connectivity index (χ3v) is 14.8. The topological polar surface area (TPSA) is 192 Å². The SMILES string of the molecule is COC(=O)N[C@H](C(=O)N1CCC[C@H]1c1nc2cc([C@H]3CC[C@H](c4ccc5[nH]c([C@@H]6CCCN6C(=O)[C@@H](NC(=O)O)C(C)C)nc5c4)N3c3ccc(N4CCCCC4)c(C(F)(F)F)c3)ccc2[nH]1)C(C)C. The summed E-state index contributed by atoms with van der Waals surface area (Å²) in [5.41, 5.74) is 4.56. The molecule has 19 heteroatoms. The number of nitrogens with one attached hydrogen (secondary N) is 4. The van der Waals surface area contributed by atoms with Crippen molar-refractivity contribution in [3.05, 3.63) is 82.9 Å². The molecule has 16 nitrogen and oxygen atoms in total. The van der Waals surface area contributed by atoms with E-state index >= 15 is 13.2 Å². The van der Waals surface area contributed by atoms with Crippen LogP contribution in [-0.4, -0.2) is 104 Å². The number of imidazole rings is 2. The molecule has 70 heavy (non-hydrogen) atoms. The normalized spacial score (nSPS) is 21.9. The molecule has 4 aliphatic rings. The number of ether oxygens (including phenoxy) is 1. The fourth-order valence-electron chi connectivity index (χ4n) is 11.3. The number of methoxy groups -OCH3 is 1. The van der Waals surface area contributed by atoms with Crippen LogP contribution in [0.15, 0.2) is 54.6 Å². The van der Waals surface area contributed by atoms with E-state index in [0.29, 0.717) is 80.2 Å². The molecule has 0 bridgehead atoms. The van der Waals surface area contributed by atoms with Crippen LogP contribution < -0.4 is 20.4 Å². The van der Waals surface area contributed by atoms with Gasteiger partial charge in [0, 0.05) is 37.6 Å². The molecule has 374 valence electrons. The molecule has 2 aromatic heterocycles. The van der Waals surface area contributed by atoms with Crippen LogP contribution in [0.3, 0.4) is 0 Å². The van der Waals surface area contributed by atoms with Crippen LogP contribution in [0, 0.1) is 11.8 Å². The van der Waals surface area contributed by atoms with Crippen molar-refractivity contribution in [2.24, 2.45) is 11.8 Å². The van der Waals surface area contributed by atoms with Gasteiger partial charge >= 0.3 is 18.4 Å². The number of likely N-dealkylation sites (tertiary alicyclic amines) is 2. The Morgan fingerprint density at radius 3 is 1.66 bits per heavy atom. The fraction of sp³-hybridized carbons (Fsp3) is 0.529. The number of hydrogen-bond acceptors (Lipinski definition) is 9. The zero-order valence-corrected chi connectivity index (χ0v) is 40.3. The van der Waals surface area contributed by atoms with Gasteiger partial charge in [0.2, 0.25) is 11.8 Å². The van der Waals surface area contributed by atoms with Gasteiger partial charge in [-0.1, -0.05) is 39.8 Å². The van der Waals surface area contributed by atoms with Crippen molar-refractivity contribution in [3.8, 4) is 0 Å². The highest BCUT2D eigenvalue weighted by Gasteiger charge is 2.42. The first-order chi connectivity index (χ1) is 33.5. The van der Waals surface area contributed by atoms with Gasteiger partial charge in [0.15, 0.2) is 0 Å². The lowest BCUT2D eigenvalue weighted by molar-refractivity contribution is -0.137. The van der Waals surface area contributed by atoms with Crippen molar-refractivity contribution in [1.82, 2.24) is 40.4 Å². The van der Waals surface area contributed by atoms with Crippen LogP contribution in [0.25, 0.3) is 22.1 Å². The number of piperidine rings is 1. The predicted octanol–water partition coefficient (Wildman–Crippen LogP) is 9.53. The number of aromatic nitrogens is 4. The largest absolute Gasteiger partial charge is 0.465 e. The molecule has 4 saturated heterocycles. The average Bonchev–Trinajstić information content (AvgIpc) is 4.20. The number of alkyl halides is 3. The quantitative estimate of drug-likeness (QED) is 0.0805.